The highest BCUT2D eigenvalue weighted by atomic mass is 16.6. The van der Waals surface area contributed by atoms with Crippen molar-refractivity contribution in [1.82, 2.24) is 5.32 Å². The molecule has 1 aliphatic carbocycles. The van der Waals surface area contributed by atoms with Gasteiger partial charge in [0.05, 0.1) is 0 Å². The molecule has 0 heterocycles. The van der Waals surface area contributed by atoms with E-state index in [1.165, 1.54) is 32.1 Å². The largest absolute Gasteiger partial charge is 0.444 e. The molecule has 1 N–H and O–H groups in total. The van der Waals surface area contributed by atoms with Gasteiger partial charge >= 0.3 is 6.09 Å². The van der Waals surface area contributed by atoms with Crippen molar-refractivity contribution in [2.45, 2.75) is 84.3 Å². The van der Waals surface area contributed by atoms with E-state index in [9.17, 15) is 4.79 Å². The average molecular weight is 255 g/mol. The Kier molecular flexibility index (Phi) is 5.97. The van der Waals surface area contributed by atoms with Gasteiger partial charge in [0.15, 0.2) is 0 Å². The molecule has 0 aromatic heterocycles. The monoisotopic (exact) mass is 255 g/mol. The number of alkyl carbamates (subject to hydrolysis) is 1. The third-order valence-corrected chi connectivity index (χ3v) is 3.56. The lowest BCUT2D eigenvalue weighted by Gasteiger charge is -2.27. The Labute approximate surface area is 112 Å². The van der Waals surface area contributed by atoms with Crippen LogP contribution in [0, 0.1) is 5.92 Å². The molecule has 1 atom stereocenters. The molecule has 0 spiro atoms. The second kappa shape index (κ2) is 7.01. The molecule has 0 aromatic rings. The maximum absolute atomic E-state index is 11.7. The van der Waals surface area contributed by atoms with E-state index >= 15 is 0 Å². The summed E-state index contributed by atoms with van der Waals surface area (Å²) < 4.78 is 5.31. The number of nitrogens with one attached hydrogen (secondary N) is 1. The maximum atomic E-state index is 11.7. The van der Waals surface area contributed by atoms with Crippen LogP contribution in [0.2, 0.25) is 0 Å². The zero-order valence-electron chi connectivity index (χ0n) is 12.4. The van der Waals surface area contributed by atoms with Crippen LogP contribution in [-0.4, -0.2) is 17.7 Å². The highest BCUT2D eigenvalue weighted by Crippen LogP contribution is 2.27. The zero-order valence-corrected chi connectivity index (χ0v) is 12.4. The summed E-state index contributed by atoms with van der Waals surface area (Å²) >= 11 is 0. The summed E-state index contributed by atoms with van der Waals surface area (Å²) in [5.41, 5.74) is -0.410. The summed E-state index contributed by atoms with van der Waals surface area (Å²) in [5, 5.41) is 3.01. The first kappa shape index (κ1) is 15.3. The van der Waals surface area contributed by atoms with Crippen molar-refractivity contribution in [2.75, 3.05) is 0 Å². The summed E-state index contributed by atoms with van der Waals surface area (Å²) in [6.45, 7) is 7.82. The van der Waals surface area contributed by atoms with Gasteiger partial charge < -0.3 is 10.1 Å². The number of hydrogen-bond acceptors (Lipinski definition) is 2. The van der Waals surface area contributed by atoms with Crippen LogP contribution in [0.3, 0.4) is 0 Å². The Hall–Kier alpha value is -0.730. The smallest absolute Gasteiger partial charge is 0.407 e. The van der Waals surface area contributed by atoms with E-state index in [0.29, 0.717) is 0 Å². The molecule has 1 rings (SSSR count). The number of rotatable bonds is 4. The molecule has 0 aliphatic heterocycles. The molecule has 0 saturated heterocycles. The summed E-state index contributed by atoms with van der Waals surface area (Å²) in [7, 11) is 0. The van der Waals surface area contributed by atoms with E-state index < -0.39 is 5.60 Å². The minimum absolute atomic E-state index is 0.267. The van der Waals surface area contributed by atoms with E-state index in [1.807, 2.05) is 20.8 Å². The van der Waals surface area contributed by atoms with E-state index in [-0.39, 0.29) is 12.1 Å². The molecule has 1 amide bonds. The van der Waals surface area contributed by atoms with E-state index in [2.05, 4.69) is 12.2 Å². The van der Waals surface area contributed by atoms with Crippen molar-refractivity contribution in [3.63, 3.8) is 0 Å². The minimum Gasteiger partial charge on any atom is -0.444 e. The van der Waals surface area contributed by atoms with Crippen LogP contribution in [0.4, 0.5) is 4.79 Å². The molecular weight excluding hydrogens is 226 g/mol. The van der Waals surface area contributed by atoms with Gasteiger partial charge in [0.25, 0.3) is 0 Å². The summed E-state index contributed by atoms with van der Waals surface area (Å²) in [5.74, 6) is 0.790. The molecule has 0 aromatic carbocycles. The maximum Gasteiger partial charge on any atom is 0.407 e. The number of carbonyl (C=O) groups is 1. The second-order valence-electron chi connectivity index (χ2n) is 6.49. The number of ether oxygens (including phenoxy) is 1. The van der Waals surface area contributed by atoms with Crippen LogP contribution in [0.5, 0.6) is 0 Å². The first-order chi connectivity index (χ1) is 8.40. The lowest BCUT2D eigenvalue weighted by molar-refractivity contribution is 0.0493. The number of hydrogen-bond donors (Lipinski definition) is 1. The van der Waals surface area contributed by atoms with Gasteiger partial charge in [-0.15, -0.1) is 0 Å². The van der Waals surface area contributed by atoms with Crippen molar-refractivity contribution in [3.8, 4) is 0 Å². The first-order valence-electron chi connectivity index (χ1n) is 7.40. The molecule has 3 heteroatoms. The molecule has 1 fully saturated rings. The van der Waals surface area contributed by atoms with Crippen molar-refractivity contribution < 1.29 is 9.53 Å². The van der Waals surface area contributed by atoms with Gasteiger partial charge in [-0.25, -0.2) is 4.79 Å². The Morgan fingerprint density at radius 3 is 2.39 bits per heavy atom. The van der Waals surface area contributed by atoms with Crippen LogP contribution in [-0.2, 0) is 4.74 Å². The van der Waals surface area contributed by atoms with Crippen molar-refractivity contribution in [1.29, 1.82) is 0 Å². The van der Waals surface area contributed by atoms with Crippen molar-refractivity contribution >= 4 is 6.09 Å². The number of amides is 1. The van der Waals surface area contributed by atoms with Crippen LogP contribution >= 0.6 is 0 Å². The Morgan fingerprint density at radius 1 is 1.28 bits per heavy atom. The molecule has 106 valence electrons. The lowest BCUT2D eigenvalue weighted by Crippen LogP contribution is -2.39. The van der Waals surface area contributed by atoms with Gasteiger partial charge in [-0.3, -0.25) is 0 Å². The molecule has 3 nitrogen and oxygen atoms in total. The highest BCUT2D eigenvalue weighted by Gasteiger charge is 2.22. The molecule has 1 saturated carbocycles. The molecular formula is C15H29NO2. The Morgan fingerprint density at radius 2 is 1.89 bits per heavy atom. The van der Waals surface area contributed by atoms with Gasteiger partial charge in [0, 0.05) is 6.04 Å². The normalized spacial score (nSPS) is 19.3. The molecule has 0 bridgehead atoms. The van der Waals surface area contributed by atoms with Gasteiger partial charge in [-0.2, -0.15) is 0 Å². The third-order valence-electron chi connectivity index (χ3n) is 3.56. The quantitative estimate of drug-likeness (QED) is 0.815. The zero-order chi connectivity index (χ0) is 13.6. The topological polar surface area (TPSA) is 38.3 Å². The summed E-state index contributed by atoms with van der Waals surface area (Å²) in [4.78, 5) is 11.7. The van der Waals surface area contributed by atoms with E-state index in [0.717, 1.165) is 18.8 Å². The number of carbonyl (C=O) groups excluding carboxylic acids is 1. The Balaban J connectivity index is 2.34. The van der Waals surface area contributed by atoms with Gasteiger partial charge in [0.2, 0.25) is 0 Å². The summed E-state index contributed by atoms with van der Waals surface area (Å²) in [6, 6.07) is 0.267. The van der Waals surface area contributed by atoms with Crippen molar-refractivity contribution in [3.05, 3.63) is 0 Å². The van der Waals surface area contributed by atoms with Gasteiger partial charge in [-0.05, 0) is 39.5 Å². The standard InChI is InChI=1S/C15H29NO2/c1-5-13(11-12-9-7-6-8-10-12)16-14(17)18-15(2,3)4/h12-13H,5-11H2,1-4H3,(H,16,17)/t13-/m1/s1. The predicted octanol–water partition coefficient (Wildman–Crippen LogP) is 4.26. The lowest BCUT2D eigenvalue weighted by atomic mass is 9.84. The minimum atomic E-state index is -0.410. The summed E-state index contributed by atoms with van der Waals surface area (Å²) in [6.07, 6.45) is 8.56. The molecule has 18 heavy (non-hydrogen) atoms. The molecule has 0 radical (unpaired) electrons. The fraction of sp³-hybridized carbons (Fsp3) is 0.933. The third kappa shape index (κ3) is 6.27. The highest BCUT2D eigenvalue weighted by molar-refractivity contribution is 5.68. The van der Waals surface area contributed by atoms with Gasteiger partial charge in [-0.1, -0.05) is 39.0 Å². The SMILES string of the molecule is CC[C@H](CC1CCCCC1)NC(=O)OC(C)(C)C. The Bertz CT molecular complexity index is 252. The molecule has 1 aliphatic rings. The van der Waals surface area contributed by atoms with Crippen LogP contribution in [0.1, 0.15) is 72.6 Å². The van der Waals surface area contributed by atoms with E-state index in [4.69, 9.17) is 4.74 Å². The van der Waals surface area contributed by atoms with Crippen LogP contribution in [0.25, 0.3) is 0 Å². The fourth-order valence-corrected chi connectivity index (χ4v) is 2.63. The average Bonchev–Trinajstić information content (AvgIpc) is 2.27. The fourth-order valence-electron chi connectivity index (χ4n) is 2.63. The second-order valence-corrected chi connectivity index (χ2v) is 6.49. The van der Waals surface area contributed by atoms with E-state index in [1.54, 1.807) is 0 Å². The predicted molar refractivity (Wildman–Crippen MR) is 74.6 cm³/mol. The van der Waals surface area contributed by atoms with Gasteiger partial charge in [0.1, 0.15) is 5.60 Å². The molecule has 0 unspecified atom stereocenters. The first-order valence-corrected chi connectivity index (χ1v) is 7.40. The van der Waals surface area contributed by atoms with Crippen molar-refractivity contribution in [2.24, 2.45) is 5.92 Å². The van der Waals surface area contributed by atoms with Crippen LogP contribution < -0.4 is 5.32 Å². The van der Waals surface area contributed by atoms with Crippen LogP contribution in [0.15, 0.2) is 0 Å².